The summed E-state index contributed by atoms with van der Waals surface area (Å²) in [5, 5.41) is 21.9. The summed E-state index contributed by atoms with van der Waals surface area (Å²) >= 11 is 0. The molecule has 0 spiro atoms. The molecule has 0 aliphatic carbocycles. The largest absolute Gasteiger partial charge is 0.377 e. The zero-order valence-electron chi connectivity index (χ0n) is 11.7. The molecule has 1 aliphatic heterocycles. The van der Waals surface area contributed by atoms with Crippen LogP contribution < -0.4 is 15.8 Å². The predicted octanol–water partition coefficient (Wildman–Crippen LogP) is 0.793. The summed E-state index contributed by atoms with van der Waals surface area (Å²) in [5.74, 6) is -0.731. The molecule has 0 amide bonds. The average Bonchev–Trinajstić information content (AvgIpc) is 2.45. The maximum atomic E-state index is 14.1. The summed E-state index contributed by atoms with van der Waals surface area (Å²) in [6.07, 6.45) is 1.77. The first-order chi connectivity index (χ1) is 10.3. The van der Waals surface area contributed by atoms with Gasteiger partial charge in [-0.05, 0) is 37.9 Å². The molecule has 1 heterocycles. The van der Waals surface area contributed by atoms with Crippen molar-refractivity contribution in [3.05, 3.63) is 28.1 Å². The average molecular weight is 332 g/mol. The predicted molar refractivity (Wildman–Crippen MR) is 78.5 cm³/mol. The number of rotatable bonds is 5. The molecule has 4 N–H and O–H groups in total. The van der Waals surface area contributed by atoms with E-state index in [2.05, 4.69) is 10.6 Å². The molecule has 1 saturated heterocycles. The molecule has 0 radical (unpaired) electrons. The van der Waals surface area contributed by atoms with Crippen molar-refractivity contribution in [1.29, 1.82) is 0 Å². The van der Waals surface area contributed by atoms with Gasteiger partial charge in [0.15, 0.2) is 5.82 Å². The van der Waals surface area contributed by atoms with Crippen LogP contribution in [0.15, 0.2) is 17.0 Å². The Labute approximate surface area is 127 Å². The fraction of sp³-hybridized carbons (Fsp3) is 0.500. The van der Waals surface area contributed by atoms with Gasteiger partial charge in [0, 0.05) is 12.6 Å². The van der Waals surface area contributed by atoms with E-state index in [1.807, 2.05) is 0 Å². The Morgan fingerprint density at radius 1 is 1.41 bits per heavy atom. The van der Waals surface area contributed by atoms with Crippen molar-refractivity contribution >= 4 is 21.4 Å². The number of nitrogens with one attached hydrogen (secondary N) is 2. The van der Waals surface area contributed by atoms with E-state index in [4.69, 9.17) is 5.14 Å². The molecule has 0 unspecified atom stereocenters. The van der Waals surface area contributed by atoms with Gasteiger partial charge in [-0.15, -0.1) is 0 Å². The van der Waals surface area contributed by atoms with E-state index < -0.39 is 31.3 Å². The summed E-state index contributed by atoms with van der Waals surface area (Å²) in [5.41, 5.74) is -0.950. The molecule has 2 rings (SSSR count). The summed E-state index contributed by atoms with van der Waals surface area (Å²) in [4.78, 5) is 9.61. The molecule has 1 aromatic rings. The highest BCUT2D eigenvalue weighted by atomic mass is 32.2. The number of sulfonamides is 1. The smallest absolute Gasteiger partial charge is 0.296 e. The highest BCUT2D eigenvalue weighted by Gasteiger charge is 2.24. The fourth-order valence-corrected chi connectivity index (χ4v) is 2.93. The van der Waals surface area contributed by atoms with Crippen molar-refractivity contribution in [2.75, 3.05) is 25.0 Å². The van der Waals surface area contributed by atoms with Crippen molar-refractivity contribution in [1.82, 2.24) is 5.32 Å². The van der Waals surface area contributed by atoms with Crippen LogP contribution in [0.3, 0.4) is 0 Å². The lowest BCUT2D eigenvalue weighted by Gasteiger charge is -2.23. The Morgan fingerprint density at radius 3 is 2.59 bits per heavy atom. The van der Waals surface area contributed by atoms with Crippen LogP contribution >= 0.6 is 0 Å². The topological polar surface area (TPSA) is 127 Å². The van der Waals surface area contributed by atoms with Crippen LogP contribution in [-0.2, 0) is 10.0 Å². The van der Waals surface area contributed by atoms with Gasteiger partial charge in [-0.3, -0.25) is 10.1 Å². The molecule has 1 aromatic carbocycles. The molecule has 0 aromatic heterocycles. The molecule has 0 saturated carbocycles. The number of primary sulfonamides is 1. The van der Waals surface area contributed by atoms with E-state index in [-0.39, 0.29) is 11.6 Å². The Kier molecular flexibility index (Phi) is 4.94. The monoisotopic (exact) mass is 332 g/mol. The van der Waals surface area contributed by atoms with Gasteiger partial charge < -0.3 is 10.6 Å². The van der Waals surface area contributed by atoms with E-state index in [0.29, 0.717) is 12.6 Å². The Hall–Kier alpha value is -1.78. The minimum Gasteiger partial charge on any atom is -0.377 e. The SMILES string of the molecule is NS(=O)(=O)c1cc(F)c(NCC2CCNCC2)c([N+](=O)[O-])c1. The van der Waals surface area contributed by atoms with E-state index >= 15 is 0 Å². The minimum absolute atomic E-state index is 0.276. The number of hydrogen-bond acceptors (Lipinski definition) is 6. The third-order valence-electron chi connectivity index (χ3n) is 3.59. The number of nitrogens with zero attached hydrogens (tertiary/aromatic N) is 1. The molecular weight excluding hydrogens is 315 g/mol. The third-order valence-corrected chi connectivity index (χ3v) is 4.49. The van der Waals surface area contributed by atoms with Crippen LogP contribution in [-0.4, -0.2) is 33.0 Å². The van der Waals surface area contributed by atoms with Crippen LogP contribution in [0.25, 0.3) is 0 Å². The number of hydrogen-bond donors (Lipinski definition) is 3. The van der Waals surface area contributed by atoms with Gasteiger partial charge in [0.05, 0.1) is 9.82 Å². The Bertz CT molecular complexity index is 674. The molecule has 22 heavy (non-hydrogen) atoms. The second-order valence-corrected chi connectivity index (χ2v) is 6.74. The number of nitro benzene ring substituents is 1. The van der Waals surface area contributed by atoms with Crippen molar-refractivity contribution in [3.63, 3.8) is 0 Å². The van der Waals surface area contributed by atoms with E-state index in [1.165, 1.54) is 0 Å². The van der Waals surface area contributed by atoms with Crippen LogP contribution in [0.1, 0.15) is 12.8 Å². The van der Waals surface area contributed by atoms with Crippen LogP contribution in [0.2, 0.25) is 0 Å². The molecule has 1 aliphatic rings. The summed E-state index contributed by atoms with van der Waals surface area (Å²) in [6, 6.07) is 1.45. The zero-order chi connectivity index (χ0) is 16.3. The molecule has 1 fully saturated rings. The number of anilines is 1. The number of benzene rings is 1. The van der Waals surface area contributed by atoms with Crippen LogP contribution in [0, 0.1) is 21.8 Å². The number of nitro groups is 1. The first kappa shape index (κ1) is 16.6. The minimum atomic E-state index is -4.21. The lowest BCUT2D eigenvalue weighted by molar-refractivity contribution is -0.384. The maximum absolute atomic E-state index is 14.1. The number of halogens is 1. The van der Waals surface area contributed by atoms with Gasteiger partial charge in [-0.1, -0.05) is 0 Å². The highest BCUT2D eigenvalue weighted by molar-refractivity contribution is 7.89. The number of piperidine rings is 1. The molecule has 122 valence electrons. The normalized spacial score (nSPS) is 16.5. The molecule has 0 bridgehead atoms. The van der Waals surface area contributed by atoms with Crippen molar-refractivity contribution < 1.29 is 17.7 Å². The van der Waals surface area contributed by atoms with Gasteiger partial charge in [0.25, 0.3) is 5.69 Å². The van der Waals surface area contributed by atoms with E-state index in [9.17, 15) is 22.9 Å². The highest BCUT2D eigenvalue weighted by Crippen LogP contribution is 2.31. The third kappa shape index (κ3) is 3.90. The second kappa shape index (κ2) is 6.55. The Balaban J connectivity index is 2.27. The van der Waals surface area contributed by atoms with Crippen molar-refractivity contribution in [3.8, 4) is 0 Å². The summed E-state index contributed by atoms with van der Waals surface area (Å²) in [7, 11) is -4.21. The molecule has 10 heteroatoms. The Morgan fingerprint density at radius 2 is 2.05 bits per heavy atom. The van der Waals surface area contributed by atoms with Gasteiger partial charge in [0.2, 0.25) is 10.0 Å². The second-order valence-electron chi connectivity index (χ2n) is 5.18. The summed E-state index contributed by atoms with van der Waals surface area (Å²) < 4.78 is 36.5. The first-order valence-corrected chi connectivity index (χ1v) is 8.29. The quantitative estimate of drug-likeness (QED) is 0.540. The lowest BCUT2D eigenvalue weighted by atomic mass is 9.98. The van der Waals surface area contributed by atoms with Crippen molar-refractivity contribution in [2.24, 2.45) is 11.1 Å². The van der Waals surface area contributed by atoms with E-state index in [1.54, 1.807) is 0 Å². The summed E-state index contributed by atoms with van der Waals surface area (Å²) in [6.45, 7) is 2.08. The van der Waals surface area contributed by atoms with Crippen molar-refractivity contribution in [2.45, 2.75) is 17.7 Å². The molecular formula is C12H17FN4O4S. The van der Waals surface area contributed by atoms with Gasteiger partial charge in [0.1, 0.15) is 5.69 Å². The van der Waals surface area contributed by atoms with Gasteiger partial charge in [-0.2, -0.15) is 0 Å². The molecule has 0 atom stereocenters. The van der Waals surface area contributed by atoms with Crippen LogP contribution in [0.4, 0.5) is 15.8 Å². The molecule has 8 nitrogen and oxygen atoms in total. The lowest BCUT2D eigenvalue weighted by Crippen LogP contribution is -2.31. The van der Waals surface area contributed by atoms with Crippen LogP contribution in [0.5, 0.6) is 0 Å². The van der Waals surface area contributed by atoms with Gasteiger partial charge in [-0.25, -0.2) is 17.9 Å². The zero-order valence-corrected chi connectivity index (χ0v) is 12.5. The maximum Gasteiger partial charge on any atom is 0.296 e. The standard InChI is InChI=1S/C12H17FN4O4S/c13-10-5-9(22(14,20)21)6-11(17(18)19)12(10)16-7-8-1-3-15-4-2-8/h5-6,8,15-16H,1-4,7H2,(H2,14,20,21). The number of nitrogens with two attached hydrogens (primary N) is 1. The fourth-order valence-electron chi connectivity index (χ4n) is 2.38. The van der Waals surface area contributed by atoms with Gasteiger partial charge >= 0.3 is 0 Å². The first-order valence-electron chi connectivity index (χ1n) is 6.74. The van der Waals surface area contributed by atoms with E-state index in [0.717, 1.165) is 32.0 Å².